The summed E-state index contributed by atoms with van der Waals surface area (Å²) in [4.78, 5) is 4.22. The first-order chi connectivity index (χ1) is 10.7. The smallest absolute Gasteiger partial charge is 0.0852 e. The molecular weight excluding hydrogens is 338 g/mol. The highest BCUT2D eigenvalue weighted by Crippen LogP contribution is 2.41. The van der Waals surface area contributed by atoms with E-state index >= 15 is 0 Å². The lowest BCUT2D eigenvalue weighted by molar-refractivity contribution is 0.491. The molecule has 22 heavy (non-hydrogen) atoms. The van der Waals surface area contributed by atoms with E-state index in [1.165, 1.54) is 5.56 Å². The van der Waals surface area contributed by atoms with Crippen LogP contribution in [0, 0.1) is 11.3 Å². The minimum Gasteiger partial charge on any atom is -0.310 e. The predicted octanol–water partition coefficient (Wildman–Crippen LogP) is 3.95. The summed E-state index contributed by atoms with van der Waals surface area (Å²) in [5.74, 6) is 0. The topological polar surface area (TPSA) is 48.7 Å². The number of nitrogens with one attached hydrogen (secondary N) is 1. The van der Waals surface area contributed by atoms with Crippen LogP contribution in [0.2, 0.25) is 0 Å². The molecule has 3 nitrogen and oxygen atoms in total. The molecule has 1 saturated carbocycles. The molecule has 0 bridgehead atoms. The van der Waals surface area contributed by atoms with Gasteiger partial charge in [0.2, 0.25) is 0 Å². The predicted molar refractivity (Wildman–Crippen MR) is 90.1 cm³/mol. The van der Waals surface area contributed by atoms with Gasteiger partial charge in [-0.05, 0) is 52.4 Å². The van der Waals surface area contributed by atoms with Crippen molar-refractivity contribution in [1.82, 2.24) is 10.3 Å². The van der Waals surface area contributed by atoms with Crippen LogP contribution in [0.3, 0.4) is 0 Å². The number of hydrogen-bond donors (Lipinski definition) is 1. The summed E-state index contributed by atoms with van der Waals surface area (Å²) in [6.45, 7) is 0.851. The van der Waals surface area contributed by atoms with Crippen LogP contribution in [0.1, 0.15) is 30.4 Å². The molecule has 1 N–H and O–H groups in total. The van der Waals surface area contributed by atoms with Crippen LogP contribution in [-0.4, -0.2) is 11.0 Å². The molecule has 1 aromatic carbocycles. The zero-order valence-corrected chi connectivity index (χ0v) is 13.9. The van der Waals surface area contributed by atoms with Crippen LogP contribution in [0.4, 0.5) is 0 Å². The summed E-state index contributed by atoms with van der Waals surface area (Å²) in [5.41, 5.74) is 1.89. The van der Waals surface area contributed by atoms with E-state index < -0.39 is 5.41 Å². The Balaban J connectivity index is 1.68. The number of pyridine rings is 1. The van der Waals surface area contributed by atoms with Crippen LogP contribution >= 0.6 is 15.9 Å². The van der Waals surface area contributed by atoms with Crippen molar-refractivity contribution in [2.75, 3.05) is 0 Å². The fourth-order valence-corrected chi connectivity index (χ4v) is 3.54. The molecule has 4 heteroatoms. The van der Waals surface area contributed by atoms with Gasteiger partial charge < -0.3 is 5.32 Å². The summed E-state index contributed by atoms with van der Waals surface area (Å²) in [6.07, 6.45) is 6.33. The molecule has 1 aliphatic rings. The highest BCUT2D eigenvalue weighted by Gasteiger charge is 2.41. The number of halogens is 1. The SMILES string of the molecule is N#CC1(c2cncc(Br)c2)CCC(NCc2ccccc2)C1. The molecule has 3 rings (SSSR count). The van der Waals surface area contributed by atoms with Crippen LogP contribution in [-0.2, 0) is 12.0 Å². The highest BCUT2D eigenvalue weighted by molar-refractivity contribution is 9.10. The van der Waals surface area contributed by atoms with E-state index in [0.29, 0.717) is 6.04 Å². The van der Waals surface area contributed by atoms with Crippen LogP contribution in [0.25, 0.3) is 0 Å². The molecule has 1 aliphatic carbocycles. The number of rotatable bonds is 4. The van der Waals surface area contributed by atoms with Crippen molar-refractivity contribution in [1.29, 1.82) is 5.26 Å². The Hall–Kier alpha value is -1.70. The summed E-state index contributed by atoms with van der Waals surface area (Å²) in [5, 5.41) is 13.3. The van der Waals surface area contributed by atoms with Crippen molar-refractivity contribution < 1.29 is 0 Å². The van der Waals surface area contributed by atoms with Crippen molar-refractivity contribution in [3.8, 4) is 6.07 Å². The molecule has 0 aliphatic heterocycles. The van der Waals surface area contributed by atoms with Gasteiger partial charge in [0, 0.05) is 29.5 Å². The van der Waals surface area contributed by atoms with Crippen molar-refractivity contribution in [2.45, 2.75) is 37.3 Å². The maximum Gasteiger partial charge on any atom is 0.0852 e. The molecule has 0 amide bonds. The molecule has 2 atom stereocenters. The van der Waals surface area contributed by atoms with Crippen LogP contribution in [0.15, 0.2) is 53.3 Å². The third kappa shape index (κ3) is 3.21. The minimum absolute atomic E-state index is 0.374. The van der Waals surface area contributed by atoms with E-state index in [1.54, 1.807) is 6.20 Å². The summed E-state index contributed by atoms with van der Waals surface area (Å²) in [6, 6.07) is 15.3. The Morgan fingerprint density at radius 1 is 1.32 bits per heavy atom. The van der Waals surface area contributed by atoms with Gasteiger partial charge in [-0.25, -0.2) is 0 Å². The molecule has 0 radical (unpaired) electrons. The summed E-state index contributed by atoms with van der Waals surface area (Å²) >= 11 is 3.45. The average molecular weight is 356 g/mol. The Kier molecular flexibility index (Phi) is 4.56. The van der Waals surface area contributed by atoms with Gasteiger partial charge in [0.15, 0.2) is 0 Å². The second-order valence-corrected chi connectivity index (χ2v) is 6.81. The molecule has 2 aromatic rings. The Morgan fingerprint density at radius 2 is 2.14 bits per heavy atom. The number of benzene rings is 1. The summed E-state index contributed by atoms with van der Waals surface area (Å²) in [7, 11) is 0. The van der Waals surface area contributed by atoms with E-state index in [0.717, 1.165) is 35.8 Å². The Bertz CT molecular complexity index is 680. The maximum absolute atomic E-state index is 9.74. The fraction of sp³-hybridized carbons (Fsp3) is 0.333. The van der Waals surface area contributed by atoms with Gasteiger partial charge in [-0.1, -0.05) is 30.3 Å². The third-order valence-electron chi connectivity index (χ3n) is 4.42. The minimum atomic E-state index is -0.412. The monoisotopic (exact) mass is 355 g/mol. The van der Waals surface area contributed by atoms with Crippen molar-refractivity contribution in [2.24, 2.45) is 0 Å². The normalized spacial score (nSPS) is 24.1. The number of aromatic nitrogens is 1. The van der Waals surface area contributed by atoms with E-state index in [2.05, 4.69) is 56.6 Å². The van der Waals surface area contributed by atoms with Gasteiger partial charge in [0.1, 0.15) is 0 Å². The number of nitrogens with zero attached hydrogens (tertiary/aromatic N) is 2. The lowest BCUT2D eigenvalue weighted by Gasteiger charge is -2.21. The lowest BCUT2D eigenvalue weighted by atomic mass is 9.81. The first-order valence-corrected chi connectivity index (χ1v) is 8.31. The van der Waals surface area contributed by atoms with Gasteiger partial charge in [-0.3, -0.25) is 4.98 Å². The van der Waals surface area contributed by atoms with E-state index in [9.17, 15) is 5.26 Å². The van der Waals surface area contributed by atoms with Gasteiger partial charge >= 0.3 is 0 Å². The maximum atomic E-state index is 9.74. The quantitative estimate of drug-likeness (QED) is 0.903. The second-order valence-electron chi connectivity index (χ2n) is 5.89. The molecule has 0 saturated heterocycles. The largest absolute Gasteiger partial charge is 0.310 e. The Labute approximate surface area is 139 Å². The molecular formula is C18H18BrN3. The standard InChI is InChI=1S/C18H18BrN3/c19-16-8-15(11-21-12-16)18(13-20)7-6-17(9-18)22-10-14-4-2-1-3-5-14/h1-5,8,11-12,17,22H,6-7,9-10H2. The first-order valence-electron chi connectivity index (χ1n) is 7.51. The number of hydrogen-bond acceptors (Lipinski definition) is 3. The molecule has 0 spiro atoms. The fourth-order valence-electron chi connectivity index (χ4n) is 3.18. The first kappa shape index (κ1) is 15.2. The van der Waals surface area contributed by atoms with Gasteiger partial charge in [0.05, 0.1) is 11.5 Å². The molecule has 1 aromatic heterocycles. The van der Waals surface area contributed by atoms with E-state index in [-0.39, 0.29) is 0 Å². The number of nitriles is 1. The van der Waals surface area contributed by atoms with Gasteiger partial charge in [-0.2, -0.15) is 5.26 Å². The second kappa shape index (κ2) is 6.60. The zero-order valence-electron chi connectivity index (χ0n) is 12.3. The van der Waals surface area contributed by atoms with Crippen molar-refractivity contribution in [3.05, 3.63) is 64.4 Å². The Morgan fingerprint density at radius 3 is 2.86 bits per heavy atom. The van der Waals surface area contributed by atoms with Crippen LogP contribution < -0.4 is 5.32 Å². The highest BCUT2D eigenvalue weighted by atomic mass is 79.9. The zero-order chi connectivity index (χ0) is 15.4. The van der Waals surface area contributed by atoms with Crippen molar-refractivity contribution >= 4 is 15.9 Å². The molecule has 112 valence electrons. The van der Waals surface area contributed by atoms with E-state index in [1.807, 2.05) is 18.3 Å². The average Bonchev–Trinajstić information content (AvgIpc) is 2.99. The molecule has 1 fully saturated rings. The lowest BCUT2D eigenvalue weighted by Crippen LogP contribution is -2.29. The van der Waals surface area contributed by atoms with E-state index in [4.69, 9.17) is 0 Å². The summed E-state index contributed by atoms with van der Waals surface area (Å²) < 4.78 is 0.931. The van der Waals surface area contributed by atoms with Crippen LogP contribution in [0.5, 0.6) is 0 Å². The van der Waals surface area contributed by atoms with Gasteiger partial charge in [0.25, 0.3) is 0 Å². The molecule has 2 unspecified atom stereocenters. The van der Waals surface area contributed by atoms with Gasteiger partial charge in [-0.15, -0.1) is 0 Å². The molecule has 1 heterocycles. The van der Waals surface area contributed by atoms with Crippen molar-refractivity contribution in [3.63, 3.8) is 0 Å². The third-order valence-corrected chi connectivity index (χ3v) is 4.86.